The maximum Gasteiger partial charge on any atom is 0.220 e. The van der Waals surface area contributed by atoms with Gasteiger partial charge in [-0.25, -0.2) is 0 Å². The first-order chi connectivity index (χ1) is 13.3. The zero-order valence-corrected chi connectivity index (χ0v) is 16.2. The zero-order valence-electron chi connectivity index (χ0n) is 16.2. The minimum absolute atomic E-state index is 0.0208. The summed E-state index contributed by atoms with van der Waals surface area (Å²) in [6.45, 7) is 3.27. The lowest BCUT2D eigenvalue weighted by Gasteiger charge is -2.01. The molecule has 166 valence electrons. The highest BCUT2D eigenvalue weighted by Gasteiger charge is 1.98. The smallest absolute Gasteiger partial charge is 0.220 e. The van der Waals surface area contributed by atoms with E-state index in [4.69, 9.17) is 30.0 Å². The van der Waals surface area contributed by atoms with E-state index >= 15 is 0 Å². The van der Waals surface area contributed by atoms with Crippen molar-refractivity contribution >= 4 is 23.8 Å². The predicted octanol–water partition coefficient (Wildman–Crippen LogP) is -6.50. The fraction of sp³-hybridized carbons (Fsp3) is 0.750. The van der Waals surface area contributed by atoms with E-state index < -0.39 is 11.9 Å². The van der Waals surface area contributed by atoms with Crippen LogP contribution in [0.25, 0.3) is 0 Å². The normalized spacial score (nSPS) is 9.14. The molecule has 0 aromatic heterocycles. The van der Waals surface area contributed by atoms with Crippen molar-refractivity contribution in [2.75, 3.05) is 39.4 Å². The van der Waals surface area contributed by atoms with Gasteiger partial charge in [-0.2, -0.15) is 0 Å². The number of aliphatic hydroxyl groups is 2. The van der Waals surface area contributed by atoms with Gasteiger partial charge < -0.3 is 52.1 Å². The SMILES string of the molecule is O=C([O-])C(=O)[O-].[NH3+]CCCNC(=O)CCCO.[NH3+]CCCNC(=O)CCCO. The lowest BCUT2D eigenvalue weighted by molar-refractivity contribution is -0.368. The second-order valence-electron chi connectivity index (χ2n) is 5.34. The van der Waals surface area contributed by atoms with Crippen LogP contribution in [0.2, 0.25) is 0 Å². The molecule has 0 fully saturated rings. The van der Waals surface area contributed by atoms with Crippen molar-refractivity contribution in [1.29, 1.82) is 0 Å². The lowest BCUT2D eigenvalue weighted by Crippen LogP contribution is -2.51. The number of carboxylic acids is 2. The number of hydrogen-bond donors (Lipinski definition) is 6. The number of aliphatic carboxylic acids is 2. The maximum absolute atomic E-state index is 10.8. The second-order valence-corrected chi connectivity index (χ2v) is 5.34. The third kappa shape index (κ3) is 31.5. The lowest BCUT2D eigenvalue weighted by atomic mass is 10.3. The van der Waals surface area contributed by atoms with Gasteiger partial charge in [0.2, 0.25) is 11.8 Å². The van der Waals surface area contributed by atoms with Gasteiger partial charge in [-0.1, -0.05) is 0 Å². The Hall–Kier alpha value is -2.28. The zero-order chi connectivity index (χ0) is 22.2. The molecule has 12 heteroatoms. The number of aliphatic hydroxyl groups excluding tert-OH is 2. The van der Waals surface area contributed by atoms with Crippen molar-refractivity contribution in [3.63, 3.8) is 0 Å². The summed E-state index contributed by atoms with van der Waals surface area (Å²) in [5.41, 5.74) is 7.31. The van der Waals surface area contributed by atoms with Crippen molar-refractivity contribution in [2.45, 2.75) is 38.5 Å². The van der Waals surface area contributed by atoms with Crippen LogP contribution in [0, 0.1) is 0 Å². The standard InChI is InChI=1S/2C7H16N2O2.C2H2O4/c2*8-4-2-5-9-7(11)3-1-6-10;3-1(4)2(5)6/h2*10H,1-6,8H2,(H,9,11);(H,3,4)(H,5,6). The molecule has 0 spiro atoms. The Labute approximate surface area is 164 Å². The highest BCUT2D eigenvalue weighted by Crippen LogP contribution is 1.86. The molecular formula is C16H34N4O8. The van der Waals surface area contributed by atoms with Crippen LogP contribution < -0.4 is 32.3 Å². The Kier molecular flexibility index (Phi) is 26.9. The Bertz CT molecular complexity index is 383. The van der Waals surface area contributed by atoms with Crippen LogP contribution in [0.4, 0.5) is 0 Å². The molecule has 2 amide bonds. The van der Waals surface area contributed by atoms with Crippen molar-refractivity contribution in [3.05, 3.63) is 0 Å². The summed E-state index contributed by atoms with van der Waals surface area (Å²) in [6.07, 6.45) is 3.80. The first-order valence-electron chi connectivity index (χ1n) is 9.02. The molecule has 0 aliphatic carbocycles. The maximum atomic E-state index is 10.8. The molecule has 0 unspecified atom stereocenters. The quantitative estimate of drug-likeness (QED) is 0.133. The first kappa shape index (κ1) is 30.4. The van der Waals surface area contributed by atoms with E-state index in [1.807, 2.05) is 0 Å². The molecule has 12 nitrogen and oxygen atoms in total. The summed E-state index contributed by atoms with van der Waals surface area (Å²) >= 11 is 0. The average molecular weight is 410 g/mol. The van der Waals surface area contributed by atoms with Crippen LogP contribution in [0.3, 0.4) is 0 Å². The van der Waals surface area contributed by atoms with Gasteiger partial charge >= 0.3 is 0 Å². The van der Waals surface area contributed by atoms with Gasteiger partial charge in [-0.3, -0.25) is 9.59 Å². The van der Waals surface area contributed by atoms with E-state index in [2.05, 4.69) is 22.1 Å². The van der Waals surface area contributed by atoms with Crippen molar-refractivity contribution < 1.29 is 51.1 Å². The fourth-order valence-electron chi connectivity index (χ4n) is 1.36. The van der Waals surface area contributed by atoms with Gasteiger partial charge in [-0.15, -0.1) is 0 Å². The summed E-state index contributed by atoms with van der Waals surface area (Å²) in [7, 11) is 0. The van der Waals surface area contributed by atoms with Gasteiger partial charge in [0.15, 0.2) is 0 Å². The summed E-state index contributed by atoms with van der Waals surface area (Å²) < 4.78 is 0. The molecule has 0 aliphatic heterocycles. The van der Waals surface area contributed by atoms with Gasteiger partial charge in [0.1, 0.15) is 0 Å². The fourth-order valence-corrected chi connectivity index (χ4v) is 1.36. The predicted molar refractivity (Wildman–Crippen MR) is 93.4 cm³/mol. The summed E-state index contributed by atoms with van der Waals surface area (Å²) in [6, 6.07) is 0. The van der Waals surface area contributed by atoms with Gasteiger partial charge in [0.25, 0.3) is 0 Å². The molecule has 0 aliphatic rings. The Morgan fingerprint density at radius 1 is 0.679 bits per heavy atom. The van der Waals surface area contributed by atoms with Crippen molar-refractivity contribution in [1.82, 2.24) is 10.6 Å². The average Bonchev–Trinajstić information content (AvgIpc) is 2.66. The van der Waals surface area contributed by atoms with Crippen LogP contribution in [0.1, 0.15) is 38.5 Å². The molecule has 0 aromatic rings. The van der Waals surface area contributed by atoms with Crippen molar-refractivity contribution in [3.8, 4) is 0 Å². The molecule has 0 bridgehead atoms. The van der Waals surface area contributed by atoms with Gasteiger partial charge in [0, 0.05) is 52.0 Å². The first-order valence-corrected chi connectivity index (χ1v) is 9.02. The number of carboxylic acid groups (broad SMARTS) is 2. The Morgan fingerprint density at radius 2 is 1.00 bits per heavy atom. The number of carbonyl (C=O) groups is 4. The van der Waals surface area contributed by atoms with Crippen LogP contribution in [-0.2, 0) is 19.2 Å². The molecule has 0 rings (SSSR count). The Balaban J connectivity index is -0.000000351. The minimum Gasteiger partial charge on any atom is -0.543 e. The van der Waals surface area contributed by atoms with Crippen LogP contribution in [0.5, 0.6) is 0 Å². The number of amides is 2. The number of hydrogen-bond acceptors (Lipinski definition) is 8. The molecular weight excluding hydrogens is 376 g/mol. The molecule has 0 saturated heterocycles. The van der Waals surface area contributed by atoms with E-state index in [1.54, 1.807) is 0 Å². The van der Waals surface area contributed by atoms with Gasteiger partial charge in [-0.05, 0) is 12.8 Å². The van der Waals surface area contributed by atoms with Crippen molar-refractivity contribution in [2.24, 2.45) is 0 Å². The largest absolute Gasteiger partial charge is 0.543 e. The Morgan fingerprint density at radius 3 is 1.21 bits per heavy atom. The third-order valence-corrected chi connectivity index (χ3v) is 2.79. The second kappa shape index (κ2) is 24.7. The molecule has 0 atom stereocenters. The topological polar surface area (TPSA) is 234 Å². The highest BCUT2D eigenvalue weighted by molar-refractivity contribution is 6.25. The molecule has 0 radical (unpaired) electrons. The van der Waals surface area contributed by atoms with Gasteiger partial charge in [0.05, 0.1) is 25.0 Å². The van der Waals surface area contributed by atoms with E-state index in [0.717, 1.165) is 25.9 Å². The molecule has 0 heterocycles. The third-order valence-electron chi connectivity index (χ3n) is 2.79. The summed E-state index contributed by atoms with van der Waals surface area (Å²) in [5, 5.41) is 40.1. The molecule has 0 aromatic carbocycles. The van der Waals surface area contributed by atoms with E-state index in [1.165, 1.54) is 0 Å². The molecule has 0 saturated carbocycles. The van der Waals surface area contributed by atoms with Crippen LogP contribution >= 0.6 is 0 Å². The van der Waals surface area contributed by atoms with Crippen LogP contribution in [-0.4, -0.2) is 73.4 Å². The highest BCUT2D eigenvalue weighted by atomic mass is 16.4. The molecule has 28 heavy (non-hydrogen) atoms. The number of quaternary nitrogens is 2. The molecule has 10 N–H and O–H groups in total. The summed E-state index contributed by atoms with van der Waals surface area (Å²) in [4.78, 5) is 39.5. The monoisotopic (exact) mass is 410 g/mol. The number of carbonyl (C=O) groups excluding carboxylic acids is 4. The summed E-state index contributed by atoms with van der Waals surface area (Å²) in [5.74, 6) is -4.33. The number of rotatable bonds is 12. The minimum atomic E-state index is -2.19. The number of nitrogens with one attached hydrogen (secondary N) is 2. The van der Waals surface area contributed by atoms with E-state index in [-0.39, 0.29) is 25.0 Å². The van der Waals surface area contributed by atoms with Crippen LogP contribution in [0.15, 0.2) is 0 Å². The van der Waals surface area contributed by atoms with E-state index in [9.17, 15) is 9.59 Å². The van der Waals surface area contributed by atoms with E-state index in [0.29, 0.717) is 38.8 Å².